The number of rotatable bonds is 6. The van der Waals surface area contributed by atoms with Gasteiger partial charge in [-0.2, -0.15) is 0 Å². The van der Waals surface area contributed by atoms with E-state index in [0.29, 0.717) is 18.2 Å². The summed E-state index contributed by atoms with van der Waals surface area (Å²) in [5.74, 6) is 0.883. The Bertz CT molecular complexity index is 465. The average molecular weight is 295 g/mol. The van der Waals surface area contributed by atoms with Gasteiger partial charge < -0.3 is 19.6 Å². The Hall–Kier alpha value is -1.33. The van der Waals surface area contributed by atoms with E-state index in [0.717, 1.165) is 12.8 Å². The van der Waals surface area contributed by atoms with Gasteiger partial charge in [0.25, 0.3) is 0 Å². The zero-order valence-electron chi connectivity index (χ0n) is 12.9. The van der Waals surface area contributed by atoms with Crippen molar-refractivity contribution >= 4 is 5.97 Å². The lowest BCUT2D eigenvalue weighted by molar-refractivity contribution is 0.0560. The molecule has 0 amide bonds. The highest BCUT2D eigenvalue weighted by atomic mass is 16.5. The molecular formula is C16H25NO4. The second kappa shape index (κ2) is 7.09. The SMILES string of the molecule is COC(=O)c1ccc(CNC(C)(CO)C2CCCCC2)o1. The quantitative estimate of drug-likeness (QED) is 0.789. The van der Waals surface area contributed by atoms with Gasteiger partial charge in [0.05, 0.1) is 20.3 Å². The summed E-state index contributed by atoms with van der Waals surface area (Å²) in [6, 6.07) is 3.37. The molecule has 5 nitrogen and oxygen atoms in total. The summed E-state index contributed by atoms with van der Waals surface area (Å²) in [4.78, 5) is 11.4. The summed E-state index contributed by atoms with van der Waals surface area (Å²) >= 11 is 0. The zero-order valence-corrected chi connectivity index (χ0v) is 12.9. The van der Waals surface area contributed by atoms with E-state index >= 15 is 0 Å². The highest BCUT2D eigenvalue weighted by molar-refractivity contribution is 5.86. The molecule has 1 fully saturated rings. The van der Waals surface area contributed by atoms with Gasteiger partial charge in [0, 0.05) is 5.54 Å². The first-order valence-electron chi connectivity index (χ1n) is 7.62. The van der Waals surface area contributed by atoms with Gasteiger partial charge >= 0.3 is 5.97 Å². The molecule has 1 aliphatic carbocycles. The number of hydrogen-bond donors (Lipinski definition) is 2. The number of methoxy groups -OCH3 is 1. The van der Waals surface area contributed by atoms with Gasteiger partial charge in [-0.1, -0.05) is 19.3 Å². The third kappa shape index (κ3) is 3.86. The summed E-state index contributed by atoms with van der Waals surface area (Å²) in [6.07, 6.45) is 6.05. The van der Waals surface area contributed by atoms with Crippen LogP contribution < -0.4 is 5.32 Å². The smallest absolute Gasteiger partial charge is 0.373 e. The van der Waals surface area contributed by atoms with E-state index in [1.807, 2.05) is 0 Å². The monoisotopic (exact) mass is 295 g/mol. The van der Waals surface area contributed by atoms with Gasteiger partial charge in [-0.3, -0.25) is 0 Å². The zero-order chi connectivity index (χ0) is 15.3. The Morgan fingerprint density at radius 3 is 2.76 bits per heavy atom. The van der Waals surface area contributed by atoms with E-state index in [1.54, 1.807) is 12.1 Å². The van der Waals surface area contributed by atoms with Gasteiger partial charge in [-0.05, 0) is 37.8 Å². The fourth-order valence-corrected chi connectivity index (χ4v) is 3.04. The lowest BCUT2D eigenvalue weighted by Crippen LogP contribution is -2.52. The number of esters is 1. The van der Waals surface area contributed by atoms with Gasteiger partial charge in [0.1, 0.15) is 5.76 Å². The van der Waals surface area contributed by atoms with Crippen LogP contribution in [0.5, 0.6) is 0 Å². The molecule has 0 radical (unpaired) electrons. The largest absolute Gasteiger partial charge is 0.463 e. The molecular weight excluding hydrogens is 270 g/mol. The molecule has 5 heteroatoms. The second-order valence-electron chi connectivity index (χ2n) is 6.02. The molecule has 0 aromatic carbocycles. The number of carbonyl (C=O) groups is 1. The first-order valence-corrected chi connectivity index (χ1v) is 7.62. The molecule has 2 rings (SSSR count). The Morgan fingerprint density at radius 1 is 1.43 bits per heavy atom. The summed E-state index contributed by atoms with van der Waals surface area (Å²) in [7, 11) is 1.33. The van der Waals surface area contributed by atoms with Gasteiger partial charge in [-0.15, -0.1) is 0 Å². The number of nitrogens with one attached hydrogen (secondary N) is 1. The summed E-state index contributed by atoms with van der Waals surface area (Å²) in [5, 5.41) is 13.2. The predicted molar refractivity (Wildman–Crippen MR) is 79.0 cm³/mol. The van der Waals surface area contributed by atoms with Crippen LogP contribution in [0.4, 0.5) is 0 Å². The van der Waals surface area contributed by atoms with E-state index in [1.165, 1.54) is 26.4 Å². The van der Waals surface area contributed by atoms with Crippen molar-refractivity contribution in [2.45, 2.75) is 51.1 Å². The molecule has 1 aliphatic rings. The standard InChI is InChI=1S/C16H25NO4/c1-16(11-18,12-6-4-3-5-7-12)17-10-13-8-9-14(21-13)15(19)20-2/h8-9,12,17-18H,3-7,10-11H2,1-2H3. The van der Waals surface area contributed by atoms with Crippen molar-refractivity contribution in [1.29, 1.82) is 0 Å². The number of ether oxygens (including phenoxy) is 1. The minimum absolute atomic E-state index is 0.0994. The fraction of sp³-hybridized carbons (Fsp3) is 0.688. The van der Waals surface area contributed by atoms with E-state index < -0.39 is 5.97 Å². The van der Waals surface area contributed by atoms with Crippen molar-refractivity contribution in [3.63, 3.8) is 0 Å². The average Bonchev–Trinajstić information content (AvgIpc) is 3.01. The third-order valence-electron chi connectivity index (χ3n) is 4.55. The minimum atomic E-state index is -0.474. The van der Waals surface area contributed by atoms with E-state index in [2.05, 4.69) is 17.0 Å². The van der Waals surface area contributed by atoms with Crippen LogP contribution in [-0.2, 0) is 11.3 Å². The first kappa shape index (κ1) is 16.0. The Kier molecular flexibility index (Phi) is 5.42. The molecule has 1 aromatic heterocycles. The van der Waals surface area contributed by atoms with Gasteiger partial charge in [-0.25, -0.2) is 4.79 Å². The van der Waals surface area contributed by atoms with Crippen molar-refractivity contribution in [3.8, 4) is 0 Å². The Balaban J connectivity index is 1.95. The van der Waals surface area contributed by atoms with Crippen LogP contribution in [0, 0.1) is 5.92 Å². The molecule has 2 N–H and O–H groups in total. The highest BCUT2D eigenvalue weighted by Crippen LogP contribution is 2.32. The molecule has 0 bridgehead atoms. The predicted octanol–water partition coefficient (Wildman–Crippen LogP) is 2.49. The number of aliphatic hydroxyl groups is 1. The van der Waals surface area contributed by atoms with Crippen molar-refractivity contribution in [2.24, 2.45) is 5.92 Å². The number of hydrogen-bond acceptors (Lipinski definition) is 5. The molecule has 0 saturated heterocycles. The highest BCUT2D eigenvalue weighted by Gasteiger charge is 2.34. The van der Waals surface area contributed by atoms with Crippen LogP contribution in [0.2, 0.25) is 0 Å². The maximum atomic E-state index is 11.4. The molecule has 1 heterocycles. The fourth-order valence-electron chi connectivity index (χ4n) is 3.04. The molecule has 118 valence electrons. The molecule has 1 atom stereocenters. The Morgan fingerprint density at radius 2 is 2.14 bits per heavy atom. The normalized spacial score (nSPS) is 19.2. The molecule has 1 unspecified atom stereocenters. The summed E-state index contributed by atoms with van der Waals surface area (Å²) in [5.41, 5.74) is -0.307. The van der Waals surface area contributed by atoms with Crippen molar-refractivity contribution < 1.29 is 19.1 Å². The van der Waals surface area contributed by atoms with Crippen molar-refractivity contribution in [2.75, 3.05) is 13.7 Å². The summed E-state index contributed by atoms with van der Waals surface area (Å²) < 4.78 is 10.1. The van der Waals surface area contributed by atoms with Gasteiger partial charge in [0.15, 0.2) is 0 Å². The van der Waals surface area contributed by atoms with Crippen LogP contribution in [0.3, 0.4) is 0 Å². The van der Waals surface area contributed by atoms with Crippen LogP contribution in [0.1, 0.15) is 55.3 Å². The van der Waals surface area contributed by atoms with E-state index in [-0.39, 0.29) is 17.9 Å². The van der Waals surface area contributed by atoms with Gasteiger partial charge in [0.2, 0.25) is 5.76 Å². The number of furan rings is 1. The third-order valence-corrected chi connectivity index (χ3v) is 4.55. The van der Waals surface area contributed by atoms with Crippen LogP contribution in [-0.4, -0.2) is 30.3 Å². The Labute approximate surface area is 125 Å². The maximum Gasteiger partial charge on any atom is 0.373 e. The summed E-state index contributed by atoms with van der Waals surface area (Å²) in [6.45, 7) is 2.65. The molecule has 0 aliphatic heterocycles. The lowest BCUT2D eigenvalue weighted by atomic mass is 9.76. The molecule has 21 heavy (non-hydrogen) atoms. The van der Waals surface area contributed by atoms with Crippen LogP contribution in [0.25, 0.3) is 0 Å². The molecule has 0 spiro atoms. The van der Waals surface area contributed by atoms with E-state index in [4.69, 9.17) is 4.42 Å². The van der Waals surface area contributed by atoms with Crippen molar-refractivity contribution in [3.05, 3.63) is 23.7 Å². The first-order chi connectivity index (χ1) is 10.1. The lowest BCUT2D eigenvalue weighted by Gasteiger charge is -2.39. The maximum absolute atomic E-state index is 11.4. The minimum Gasteiger partial charge on any atom is -0.463 e. The van der Waals surface area contributed by atoms with Crippen LogP contribution in [0.15, 0.2) is 16.5 Å². The molecule has 1 saturated carbocycles. The second-order valence-corrected chi connectivity index (χ2v) is 6.02. The van der Waals surface area contributed by atoms with E-state index in [9.17, 15) is 9.90 Å². The van der Waals surface area contributed by atoms with Crippen molar-refractivity contribution in [1.82, 2.24) is 5.32 Å². The topological polar surface area (TPSA) is 71.7 Å². The molecule has 1 aromatic rings. The number of carbonyl (C=O) groups excluding carboxylic acids is 1. The number of aliphatic hydroxyl groups excluding tert-OH is 1. The van der Waals surface area contributed by atoms with Crippen LogP contribution >= 0.6 is 0 Å².